The van der Waals surface area contributed by atoms with Crippen molar-refractivity contribution in [2.24, 2.45) is 5.10 Å². The number of hydrogen-bond acceptors (Lipinski definition) is 4. The van der Waals surface area contributed by atoms with E-state index in [1.165, 1.54) is 0 Å². The van der Waals surface area contributed by atoms with Gasteiger partial charge in [0.2, 0.25) is 0 Å². The number of amides is 1. The van der Waals surface area contributed by atoms with Crippen LogP contribution in [0.1, 0.15) is 21.9 Å². The molecule has 1 heterocycles. The molecule has 0 bridgehead atoms. The van der Waals surface area contributed by atoms with Crippen LogP contribution in [0.3, 0.4) is 0 Å². The van der Waals surface area contributed by atoms with E-state index in [2.05, 4.69) is 16.4 Å². The predicted octanol–water partition coefficient (Wildman–Crippen LogP) is 3.52. The first-order chi connectivity index (χ1) is 12.2. The van der Waals surface area contributed by atoms with Crippen molar-refractivity contribution < 1.29 is 13.9 Å². The van der Waals surface area contributed by atoms with Crippen LogP contribution in [0, 0.1) is 19.3 Å². The smallest absolute Gasteiger partial charge is 0.307 e. The molecule has 0 aliphatic rings. The Labute approximate surface area is 145 Å². The number of nitrogens with zero attached hydrogens (tertiary/aromatic N) is 1. The summed E-state index contributed by atoms with van der Waals surface area (Å²) in [5.41, 5.74) is 3.19. The molecule has 0 spiro atoms. The second-order valence-electron chi connectivity index (χ2n) is 5.30. The van der Waals surface area contributed by atoms with Crippen LogP contribution in [0.25, 0.3) is 10.8 Å². The van der Waals surface area contributed by atoms with Gasteiger partial charge in [0.25, 0.3) is 0 Å². The molecule has 25 heavy (non-hydrogen) atoms. The van der Waals surface area contributed by atoms with Crippen molar-refractivity contribution in [2.75, 3.05) is 6.61 Å². The minimum atomic E-state index is -0.421. The minimum Gasteiger partial charge on any atom is -0.480 e. The molecule has 0 atom stereocenters. The number of carbonyl (C=O) groups is 1. The Balaban J connectivity index is 1.88. The van der Waals surface area contributed by atoms with Crippen molar-refractivity contribution in [1.29, 1.82) is 0 Å². The Morgan fingerprint density at radius 3 is 2.88 bits per heavy atom. The summed E-state index contributed by atoms with van der Waals surface area (Å²) in [5.74, 6) is 3.49. The Bertz CT molecular complexity index is 980. The number of nitrogens with one attached hydrogen (secondary N) is 1. The van der Waals surface area contributed by atoms with Gasteiger partial charge in [-0.2, -0.15) is 5.10 Å². The van der Waals surface area contributed by atoms with E-state index in [1.54, 1.807) is 25.3 Å². The zero-order chi connectivity index (χ0) is 17.6. The summed E-state index contributed by atoms with van der Waals surface area (Å²) < 4.78 is 10.8. The highest BCUT2D eigenvalue weighted by molar-refractivity contribution is 6.03. The van der Waals surface area contributed by atoms with Crippen molar-refractivity contribution in [3.8, 4) is 18.1 Å². The van der Waals surface area contributed by atoms with Gasteiger partial charge in [-0.1, -0.05) is 36.3 Å². The SMILES string of the molecule is C#CCOc1ccc2ccccc2c1/C=N\NC(=O)c1ccc(C)o1. The molecule has 0 saturated heterocycles. The molecule has 0 fully saturated rings. The molecule has 5 nitrogen and oxygen atoms in total. The van der Waals surface area contributed by atoms with Gasteiger partial charge >= 0.3 is 5.91 Å². The summed E-state index contributed by atoms with van der Waals surface area (Å²) in [6, 6.07) is 14.9. The van der Waals surface area contributed by atoms with Gasteiger partial charge < -0.3 is 9.15 Å². The Kier molecular flexibility index (Phi) is 4.82. The highest BCUT2D eigenvalue weighted by Gasteiger charge is 2.10. The van der Waals surface area contributed by atoms with Crippen LogP contribution >= 0.6 is 0 Å². The molecule has 0 aliphatic heterocycles. The lowest BCUT2D eigenvalue weighted by Gasteiger charge is -2.09. The Hall–Kier alpha value is -3.52. The molecule has 3 rings (SSSR count). The fourth-order valence-corrected chi connectivity index (χ4v) is 2.42. The van der Waals surface area contributed by atoms with Crippen LogP contribution < -0.4 is 10.2 Å². The third-order valence-electron chi connectivity index (χ3n) is 3.57. The molecule has 5 heteroatoms. The van der Waals surface area contributed by atoms with Gasteiger partial charge in [0.1, 0.15) is 18.1 Å². The number of hydrogen-bond donors (Lipinski definition) is 1. The summed E-state index contributed by atoms with van der Waals surface area (Å²) >= 11 is 0. The highest BCUT2D eigenvalue weighted by Crippen LogP contribution is 2.26. The average Bonchev–Trinajstić information content (AvgIpc) is 3.07. The molecule has 0 saturated carbocycles. The number of benzene rings is 2. The second kappa shape index (κ2) is 7.37. The zero-order valence-corrected chi connectivity index (χ0v) is 13.7. The molecule has 0 radical (unpaired) electrons. The fraction of sp³-hybridized carbons (Fsp3) is 0.100. The maximum absolute atomic E-state index is 12.0. The van der Waals surface area contributed by atoms with E-state index in [1.807, 2.05) is 36.4 Å². The van der Waals surface area contributed by atoms with Crippen LogP contribution in [0.5, 0.6) is 5.75 Å². The van der Waals surface area contributed by atoms with E-state index >= 15 is 0 Å². The number of rotatable bonds is 5. The fourth-order valence-electron chi connectivity index (χ4n) is 2.42. The maximum atomic E-state index is 12.0. The van der Waals surface area contributed by atoms with Gasteiger partial charge in [-0.3, -0.25) is 4.79 Å². The molecule has 0 aliphatic carbocycles. The van der Waals surface area contributed by atoms with Gasteiger partial charge in [0.05, 0.1) is 6.21 Å². The molecule has 124 valence electrons. The second-order valence-corrected chi connectivity index (χ2v) is 5.30. The van der Waals surface area contributed by atoms with Crippen molar-refractivity contribution in [1.82, 2.24) is 5.43 Å². The van der Waals surface area contributed by atoms with Gasteiger partial charge in [0.15, 0.2) is 5.76 Å². The highest BCUT2D eigenvalue weighted by atomic mass is 16.5. The van der Waals surface area contributed by atoms with Crippen LogP contribution in [-0.2, 0) is 0 Å². The monoisotopic (exact) mass is 332 g/mol. The molecule has 0 unspecified atom stereocenters. The first-order valence-corrected chi connectivity index (χ1v) is 7.67. The number of aryl methyl sites for hydroxylation is 1. The van der Waals surface area contributed by atoms with Crippen molar-refractivity contribution in [3.63, 3.8) is 0 Å². The third kappa shape index (κ3) is 3.70. The molecule has 1 N–H and O–H groups in total. The standard InChI is InChI=1S/C20H16N2O3/c1-3-12-24-18-11-9-15-6-4-5-7-16(15)17(18)13-21-22-20(23)19-10-8-14(2)25-19/h1,4-11,13H,12H2,2H3,(H,22,23)/b21-13-. The Morgan fingerprint density at radius 2 is 2.12 bits per heavy atom. The zero-order valence-electron chi connectivity index (χ0n) is 13.7. The van der Waals surface area contributed by atoms with E-state index in [9.17, 15) is 4.79 Å². The minimum absolute atomic E-state index is 0.150. The number of fused-ring (bicyclic) bond motifs is 1. The van der Waals surface area contributed by atoms with Gasteiger partial charge in [-0.05, 0) is 35.9 Å². The first-order valence-electron chi connectivity index (χ1n) is 7.67. The van der Waals surface area contributed by atoms with Crippen LogP contribution in [0.15, 0.2) is 58.0 Å². The number of terminal acetylenes is 1. The number of carbonyl (C=O) groups excluding carboxylic acids is 1. The first kappa shape index (κ1) is 16.3. The molecule has 1 amide bonds. The van der Waals surface area contributed by atoms with Crippen molar-refractivity contribution in [3.05, 3.63) is 65.6 Å². The molecular weight excluding hydrogens is 316 g/mol. The summed E-state index contributed by atoms with van der Waals surface area (Å²) in [4.78, 5) is 12.0. The topological polar surface area (TPSA) is 63.8 Å². The molecule has 1 aromatic heterocycles. The molecule has 3 aromatic rings. The van der Waals surface area contributed by atoms with Crippen LogP contribution in [-0.4, -0.2) is 18.7 Å². The van der Waals surface area contributed by atoms with Gasteiger partial charge in [0, 0.05) is 5.56 Å². The van der Waals surface area contributed by atoms with E-state index in [4.69, 9.17) is 15.6 Å². The third-order valence-corrected chi connectivity index (χ3v) is 3.57. The van der Waals surface area contributed by atoms with E-state index < -0.39 is 5.91 Å². The Morgan fingerprint density at radius 1 is 1.28 bits per heavy atom. The summed E-state index contributed by atoms with van der Waals surface area (Å²) in [6.45, 7) is 1.92. The molecule has 2 aromatic carbocycles. The lowest BCUT2D eigenvalue weighted by Crippen LogP contribution is -2.16. The number of furan rings is 1. The van der Waals surface area contributed by atoms with E-state index in [-0.39, 0.29) is 12.4 Å². The maximum Gasteiger partial charge on any atom is 0.307 e. The van der Waals surface area contributed by atoms with Gasteiger partial charge in [-0.15, -0.1) is 6.42 Å². The van der Waals surface area contributed by atoms with E-state index in [0.717, 1.165) is 16.3 Å². The average molecular weight is 332 g/mol. The summed E-state index contributed by atoms with van der Waals surface area (Å²) in [5, 5.41) is 6.01. The molecular formula is C20H16N2O3. The number of ether oxygens (including phenoxy) is 1. The van der Waals surface area contributed by atoms with Crippen LogP contribution in [0.2, 0.25) is 0 Å². The van der Waals surface area contributed by atoms with Crippen molar-refractivity contribution in [2.45, 2.75) is 6.92 Å². The summed E-state index contributed by atoms with van der Waals surface area (Å²) in [7, 11) is 0. The largest absolute Gasteiger partial charge is 0.480 e. The van der Waals surface area contributed by atoms with E-state index in [0.29, 0.717) is 11.5 Å². The predicted molar refractivity (Wildman–Crippen MR) is 96.8 cm³/mol. The summed E-state index contributed by atoms with van der Waals surface area (Å²) in [6.07, 6.45) is 6.81. The quantitative estimate of drug-likeness (QED) is 0.442. The lowest BCUT2D eigenvalue weighted by molar-refractivity contribution is 0.0926. The van der Waals surface area contributed by atoms with Crippen molar-refractivity contribution >= 4 is 22.9 Å². The number of hydrazone groups is 1. The normalized spacial score (nSPS) is 10.7. The van der Waals surface area contributed by atoms with Crippen LogP contribution in [0.4, 0.5) is 0 Å². The lowest BCUT2D eigenvalue weighted by atomic mass is 10.0. The van der Waals surface area contributed by atoms with Gasteiger partial charge in [-0.25, -0.2) is 5.43 Å².